The van der Waals surface area contributed by atoms with Crippen LogP contribution in [0.15, 0.2) is 42.5 Å². The van der Waals surface area contributed by atoms with Crippen LogP contribution in [-0.4, -0.2) is 23.0 Å². The van der Waals surface area contributed by atoms with Crippen LogP contribution in [0, 0.1) is 9.39 Å². The van der Waals surface area contributed by atoms with Crippen LogP contribution in [0.3, 0.4) is 0 Å². The molecule has 2 aromatic rings. The Morgan fingerprint density at radius 3 is 2.70 bits per heavy atom. The van der Waals surface area contributed by atoms with Crippen LogP contribution in [0.1, 0.15) is 15.9 Å². The molecule has 0 fully saturated rings. The molecule has 0 heterocycles. The zero-order valence-corrected chi connectivity index (χ0v) is 13.0. The normalized spacial score (nSPS) is 10.3. The van der Waals surface area contributed by atoms with E-state index >= 15 is 0 Å². The summed E-state index contributed by atoms with van der Waals surface area (Å²) < 4.78 is 14.4. The molecule has 2 aromatic carbocycles. The summed E-state index contributed by atoms with van der Waals surface area (Å²) in [6, 6.07) is 11.1. The van der Waals surface area contributed by atoms with Gasteiger partial charge in [0.1, 0.15) is 11.6 Å². The molecule has 0 bridgehead atoms. The van der Waals surface area contributed by atoms with Crippen molar-refractivity contribution < 1.29 is 14.3 Å². The number of amides is 1. The van der Waals surface area contributed by atoms with Gasteiger partial charge < -0.3 is 10.0 Å². The van der Waals surface area contributed by atoms with Crippen molar-refractivity contribution >= 4 is 28.5 Å². The molecule has 0 unspecified atom stereocenters. The number of rotatable bonds is 3. The van der Waals surface area contributed by atoms with Crippen LogP contribution >= 0.6 is 22.6 Å². The third kappa shape index (κ3) is 3.27. The minimum atomic E-state index is -0.348. The van der Waals surface area contributed by atoms with Crippen LogP contribution in [0.2, 0.25) is 0 Å². The van der Waals surface area contributed by atoms with E-state index in [1.807, 2.05) is 0 Å². The van der Waals surface area contributed by atoms with E-state index in [0.29, 0.717) is 5.56 Å². The SMILES string of the molecule is CN(Cc1ccccc1F)C(=O)c1cc(I)ccc1O. The summed E-state index contributed by atoms with van der Waals surface area (Å²) in [5, 5.41) is 9.75. The molecule has 0 aliphatic rings. The fraction of sp³-hybridized carbons (Fsp3) is 0.133. The van der Waals surface area contributed by atoms with E-state index in [2.05, 4.69) is 22.6 Å². The molecule has 0 aliphatic carbocycles. The first-order valence-electron chi connectivity index (χ1n) is 5.96. The van der Waals surface area contributed by atoms with Gasteiger partial charge in [-0.3, -0.25) is 4.79 Å². The Morgan fingerprint density at radius 1 is 1.30 bits per heavy atom. The number of halogens is 2. The van der Waals surface area contributed by atoms with Crippen LogP contribution in [-0.2, 0) is 6.54 Å². The highest BCUT2D eigenvalue weighted by Crippen LogP contribution is 2.22. The Labute approximate surface area is 130 Å². The molecule has 0 aromatic heterocycles. The summed E-state index contributed by atoms with van der Waals surface area (Å²) >= 11 is 2.07. The Morgan fingerprint density at radius 2 is 2.00 bits per heavy atom. The number of aromatic hydroxyl groups is 1. The van der Waals surface area contributed by atoms with Crippen molar-refractivity contribution in [1.82, 2.24) is 4.90 Å². The van der Waals surface area contributed by atoms with Crippen molar-refractivity contribution in [2.45, 2.75) is 6.54 Å². The second-order valence-electron chi connectivity index (χ2n) is 4.41. The van der Waals surface area contributed by atoms with Crippen LogP contribution in [0.5, 0.6) is 5.75 Å². The standard InChI is InChI=1S/C15H13FINO2/c1-18(9-10-4-2-3-5-13(10)16)15(20)12-8-11(17)6-7-14(12)19/h2-8,19H,9H2,1H3. The van der Waals surface area contributed by atoms with E-state index in [4.69, 9.17) is 0 Å². The van der Waals surface area contributed by atoms with Gasteiger partial charge in [0.15, 0.2) is 0 Å². The molecule has 3 nitrogen and oxygen atoms in total. The summed E-state index contributed by atoms with van der Waals surface area (Å²) in [6.45, 7) is 0.149. The molecule has 5 heteroatoms. The van der Waals surface area contributed by atoms with E-state index in [0.717, 1.165) is 3.57 Å². The number of hydrogen-bond acceptors (Lipinski definition) is 2. The minimum Gasteiger partial charge on any atom is -0.507 e. The largest absolute Gasteiger partial charge is 0.507 e. The Hall–Kier alpha value is -1.63. The maximum Gasteiger partial charge on any atom is 0.257 e. The Kier molecular flexibility index (Phi) is 4.59. The summed E-state index contributed by atoms with van der Waals surface area (Å²) in [5.74, 6) is -0.765. The quantitative estimate of drug-likeness (QED) is 0.823. The fourth-order valence-electron chi connectivity index (χ4n) is 1.84. The highest BCUT2D eigenvalue weighted by Gasteiger charge is 2.17. The first kappa shape index (κ1) is 14.8. The number of carbonyl (C=O) groups is 1. The molecule has 0 spiro atoms. The number of carbonyl (C=O) groups excluding carboxylic acids is 1. The van der Waals surface area contributed by atoms with Crippen molar-refractivity contribution in [2.24, 2.45) is 0 Å². The van der Waals surface area contributed by atoms with E-state index in [1.165, 1.54) is 17.0 Å². The van der Waals surface area contributed by atoms with Crippen molar-refractivity contribution in [2.75, 3.05) is 7.05 Å². The molecule has 0 aliphatic heterocycles. The van der Waals surface area contributed by atoms with E-state index < -0.39 is 0 Å². The lowest BCUT2D eigenvalue weighted by Crippen LogP contribution is -2.26. The average molecular weight is 385 g/mol. The number of phenolic OH excluding ortho intramolecular Hbond substituents is 1. The summed E-state index contributed by atoms with van der Waals surface area (Å²) in [5.41, 5.74) is 0.657. The van der Waals surface area contributed by atoms with E-state index in [9.17, 15) is 14.3 Å². The lowest BCUT2D eigenvalue weighted by molar-refractivity contribution is 0.0780. The summed E-state index contributed by atoms with van der Waals surface area (Å²) in [4.78, 5) is 13.7. The molecule has 0 saturated heterocycles. The molecule has 0 radical (unpaired) electrons. The van der Waals surface area contributed by atoms with Gasteiger partial charge in [-0.25, -0.2) is 4.39 Å². The smallest absolute Gasteiger partial charge is 0.257 e. The molecule has 1 amide bonds. The number of benzene rings is 2. The molecule has 0 atom stereocenters. The number of phenols is 1. The average Bonchev–Trinajstić information content (AvgIpc) is 2.43. The molecule has 104 valence electrons. The minimum absolute atomic E-state index is 0.0733. The lowest BCUT2D eigenvalue weighted by Gasteiger charge is -2.18. The highest BCUT2D eigenvalue weighted by atomic mass is 127. The van der Waals surface area contributed by atoms with Crippen molar-refractivity contribution in [3.05, 3.63) is 63.0 Å². The summed E-state index contributed by atoms with van der Waals surface area (Å²) in [7, 11) is 1.58. The number of hydrogen-bond donors (Lipinski definition) is 1. The van der Waals surface area contributed by atoms with Gasteiger partial charge in [-0.05, 0) is 46.9 Å². The van der Waals surface area contributed by atoms with E-state index in [1.54, 1.807) is 37.4 Å². The predicted octanol–water partition coefficient (Wildman–Crippen LogP) is 3.41. The topological polar surface area (TPSA) is 40.5 Å². The van der Waals surface area contributed by atoms with Crippen molar-refractivity contribution in [3.8, 4) is 5.75 Å². The molecule has 20 heavy (non-hydrogen) atoms. The van der Waals surface area contributed by atoms with Crippen molar-refractivity contribution in [1.29, 1.82) is 0 Å². The van der Waals surface area contributed by atoms with Gasteiger partial charge in [0, 0.05) is 22.7 Å². The predicted molar refractivity (Wildman–Crippen MR) is 83.0 cm³/mol. The van der Waals surface area contributed by atoms with Gasteiger partial charge >= 0.3 is 0 Å². The van der Waals surface area contributed by atoms with Crippen LogP contribution in [0.25, 0.3) is 0 Å². The lowest BCUT2D eigenvalue weighted by atomic mass is 10.1. The maximum absolute atomic E-state index is 13.6. The molecule has 2 rings (SSSR count). The fourth-order valence-corrected chi connectivity index (χ4v) is 2.33. The highest BCUT2D eigenvalue weighted by molar-refractivity contribution is 14.1. The zero-order chi connectivity index (χ0) is 14.7. The van der Waals surface area contributed by atoms with E-state index in [-0.39, 0.29) is 29.6 Å². The molecular formula is C15H13FINO2. The molecule has 1 N–H and O–H groups in total. The van der Waals surface area contributed by atoms with Gasteiger partial charge in [-0.1, -0.05) is 18.2 Å². The Bertz CT molecular complexity index is 646. The zero-order valence-electron chi connectivity index (χ0n) is 10.8. The molecular weight excluding hydrogens is 372 g/mol. The first-order valence-corrected chi connectivity index (χ1v) is 7.04. The first-order chi connectivity index (χ1) is 9.49. The third-order valence-electron chi connectivity index (χ3n) is 2.90. The number of nitrogens with zero attached hydrogens (tertiary/aromatic N) is 1. The second-order valence-corrected chi connectivity index (χ2v) is 5.66. The van der Waals surface area contributed by atoms with Crippen molar-refractivity contribution in [3.63, 3.8) is 0 Å². The van der Waals surface area contributed by atoms with Gasteiger partial charge in [-0.2, -0.15) is 0 Å². The van der Waals surface area contributed by atoms with Gasteiger partial charge in [0.2, 0.25) is 0 Å². The third-order valence-corrected chi connectivity index (χ3v) is 3.57. The maximum atomic E-state index is 13.6. The van der Waals surface area contributed by atoms with Gasteiger partial charge in [0.05, 0.1) is 5.56 Å². The Balaban J connectivity index is 2.21. The van der Waals surface area contributed by atoms with Crippen LogP contribution < -0.4 is 0 Å². The summed E-state index contributed by atoms with van der Waals surface area (Å²) in [6.07, 6.45) is 0. The van der Waals surface area contributed by atoms with Gasteiger partial charge in [-0.15, -0.1) is 0 Å². The second kappa shape index (κ2) is 6.21. The van der Waals surface area contributed by atoms with Crippen LogP contribution in [0.4, 0.5) is 4.39 Å². The van der Waals surface area contributed by atoms with Gasteiger partial charge in [0.25, 0.3) is 5.91 Å². The molecule has 0 saturated carbocycles. The monoisotopic (exact) mass is 385 g/mol.